The van der Waals surface area contributed by atoms with Gasteiger partial charge in [-0.05, 0) is 11.3 Å². The smallest absolute Gasteiger partial charge is 0.358 e. The van der Waals surface area contributed by atoms with Crippen molar-refractivity contribution in [2.45, 2.75) is 13.0 Å². The van der Waals surface area contributed by atoms with Gasteiger partial charge in [0.2, 0.25) is 0 Å². The Labute approximate surface area is 97.1 Å². The summed E-state index contributed by atoms with van der Waals surface area (Å²) in [5.41, 5.74) is 0. The molecule has 90 valence electrons. The molecule has 0 radical (unpaired) electrons. The summed E-state index contributed by atoms with van der Waals surface area (Å²) in [5.74, 6) is -0.404. The van der Waals surface area contributed by atoms with Gasteiger partial charge in [-0.15, -0.1) is 0 Å². The maximum absolute atomic E-state index is 10.8. The highest BCUT2D eigenvalue weighted by Crippen LogP contribution is 2.21. The molecule has 0 N–H and O–H groups in total. The van der Waals surface area contributed by atoms with Gasteiger partial charge in [0.1, 0.15) is 9.84 Å². The SMILES string of the molecule is CS(=O)(=O)CCCn1cc(Cl)c([N+](=O)[O-])n1. The van der Waals surface area contributed by atoms with E-state index in [1.807, 2.05) is 0 Å². The third-order valence-electron chi connectivity index (χ3n) is 1.77. The third kappa shape index (κ3) is 3.78. The Morgan fingerprint density at radius 3 is 2.69 bits per heavy atom. The Hall–Kier alpha value is -1.15. The standard InChI is InChI=1S/C7H10ClN3O4S/c1-16(14,15)4-2-3-10-5-6(8)7(9-10)11(12)13/h5H,2-4H2,1H3. The summed E-state index contributed by atoms with van der Waals surface area (Å²) >= 11 is 5.57. The molecule has 0 aliphatic rings. The predicted octanol–water partition coefficient (Wildman–Crippen LogP) is 0.879. The lowest BCUT2D eigenvalue weighted by Crippen LogP contribution is -2.08. The fourth-order valence-corrected chi connectivity index (χ4v) is 1.99. The second-order valence-corrected chi connectivity index (χ2v) is 5.97. The molecule has 0 aliphatic heterocycles. The second kappa shape index (κ2) is 4.79. The van der Waals surface area contributed by atoms with E-state index in [2.05, 4.69) is 5.10 Å². The number of hydrogen-bond acceptors (Lipinski definition) is 5. The molecular weight excluding hydrogens is 258 g/mol. The van der Waals surface area contributed by atoms with Crippen LogP contribution in [-0.4, -0.2) is 35.1 Å². The lowest BCUT2D eigenvalue weighted by atomic mass is 10.5. The quantitative estimate of drug-likeness (QED) is 0.583. The molecule has 7 nitrogen and oxygen atoms in total. The van der Waals surface area contributed by atoms with Crippen molar-refractivity contribution in [1.29, 1.82) is 0 Å². The normalized spacial score (nSPS) is 11.6. The summed E-state index contributed by atoms with van der Waals surface area (Å²) < 4.78 is 22.9. The molecule has 0 aliphatic carbocycles. The third-order valence-corrected chi connectivity index (χ3v) is 3.07. The second-order valence-electron chi connectivity index (χ2n) is 3.30. The summed E-state index contributed by atoms with van der Waals surface area (Å²) in [6.45, 7) is 0.278. The zero-order chi connectivity index (χ0) is 12.3. The first-order valence-electron chi connectivity index (χ1n) is 4.34. The minimum atomic E-state index is -3.02. The first-order chi connectivity index (χ1) is 7.29. The first kappa shape index (κ1) is 12.9. The van der Waals surface area contributed by atoms with Crippen LogP contribution in [0.25, 0.3) is 0 Å². The highest BCUT2D eigenvalue weighted by molar-refractivity contribution is 7.90. The Balaban J connectivity index is 2.62. The number of rotatable bonds is 5. The summed E-state index contributed by atoms with van der Waals surface area (Å²) in [4.78, 5) is 9.73. The number of sulfone groups is 1. The molecule has 0 saturated carbocycles. The number of nitrogens with zero attached hydrogens (tertiary/aromatic N) is 3. The van der Waals surface area contributed by atoms with Crippen LogP contribution in [-0.2, 0) is 16.4 Å². The fourth-order valence-electron chi connectivity index (χ4n) is 1.11. The van der Waals surface area contributed by atoms with E-state index in [9.17, 15) is 18.5 Å². The van der Waals surface area contributed by atoms with Gasteiger partial charge in [-0.2, -0.15) is 4.68 Å². The monoisotopic (exact) mass is 267 g/mol. The van der Waals surface area contributed by atoms with E-state index in [-0.39, 0.29) is 17.3 Å². The number of aryl methyl sites for hydroxylation is 1. The van der Waals surface area contributed by atoms with Crippen molar-refractivity contribution in [3.63, 3.8) is 0 Å². The molecule has 0 aromatic carbocycles. The van der Waals surface area contributed by atoms with Crippen LogP contribution in [0.2, 0.25) is 5.02 Å². The van der Waals surface area contributed by atoms with Gasteiger partial charge in [0.25, 0.3) is 0 Å². The van der Waals surface area contributed by atoms with E-state index in [0.29, 0.717) is 6.42 Å². The zero-order valence-electron chi connectivity index (χ0n) is 8.46. The molecule has 1 aromatic heterocycles. The number of aromatic nitrogens is 2. The Kier molecular flexibility index (Phi) is 3.87. The van der Waals surface area contributed by atoms with Crippen LogP contribution in [0.3, 0.4) is 0 Å². The van der Waals surface area contributed by atoms with Crippen LogP contribution >= 0.6 is 11.6 Å². The van der Waals surface area contributed by atoms with E-state index in [0.717, 1.165) is 6.26 Å². The lowest BCUT2D eigenvalue weighted by Gasteiger charge is -1.96. The van der Waals surface area contributed by atoms with Crippen molar-refractivity contribution in [1.82, 2.24) is 9.78 Å². The van der Waals surface area contributed by atoms with Gasteiger partial charge in [-0.3, -0.25) is 0 Å². The molecule has 0 unspecified atom stereocenters. The van der Waals surface area contributed by atoms with Crippen LogP contribution in [0.1, 0.15) is 6.42 Å². The van der Waals surface area contributed by atoms with Crippen LogP contribution in [0.5, 0.6) is 0 Å². The highest BCUT2D eigenvalue weighted by atomic mass is 35.5. The minimum absolute atomic E-state index is 0.0122. The lowest BCUT2D eigenvalue weighted by molar-refractivity contribution is -0.389. The van der Waals surface area contributed by atoms with Gasteiger partial charge in [0, 0.05) is 6.26 Å². The number of halogens is 1. The molecule has 0 fully saturated rings. The van der Waals surface area contributed by atoms with E-state index in [1.165, 1.54) is 10.9 Å². The molecule has 0 saturated heterocycles. The molecule has 1 rings (SSSR count). The topological polar surface area (TPSA) is 95.1 Å². The van der Waals surface area contributed by atoms with Gasteiger partial charge in [0.05, 0.1) is 23.6 Å². The number of hydrogen-bond donors (Lipinski definition) is 0. The minimum Gasteiger partial charge on any atom is -0.358 e. The van der Waals surface area contributed by atoms with Crippen molar-refractivity contribution < 1.29 is 13.3 Å². The van der Waals surface area contributed by atoms with E-state index < -0.39 is 20.6 Å². The fraction of sp³-hybridized carbons (Fsp3) is 0.571. The molecule has 0 amide bonds. The van der Waals surface area contributed by atoms with E-state index in [4.69, 9.17) is 11.6 Å². The van der Waals surface area contributed by atoms with Crippen molar-refractivity contribution in [3.8, 4) is 0 Å². The molecule has 0 atom stereocenters. The molecule has 0 bridgehead atoms. The van der Waals surface area contributed by atoms with E-state index >= 15 is 0 Å². The predicted molar refractivity (Wildman–Crippen MR) is 58.2 cm³/mol. The summed E-state index contributed by atoms with van der Waals surface area (Å²) in [6, 6.07) is 0. The summed E-state index contributed by atoms with van der Waals surface area (Å²) in [6.07, 6.45) is 2.78. The molecule has 0 spiro atoms. The average molecular weight is 268 g/mol. The largest absolute Gasteiger partial charge is 0.408 e. The van der Waals surface area contributed by atoms with Crippen molar-refractivity contribution in [2.24, 2.45) is 0 Å². The molecule has 16 heavy (non-hydrogen) atoms. The number of nitro groups is 1. The summed E-state index contributed by atoms with van der Waals surface area (Å²) in [7, 11) is -3.02. The van der Waals surface area contributed by atoms with Crippen LogP contribution in [0.4, 0.5) is 5.82 Å². The van der Waals surface area contributed by atoms with Crippen LogP contribution in [0, 0.1) is 10.1 Å². The van der Waals surface area contributed by atoms with Crippen molar-refractivity contribution in [3.05, 3.63) is 21.3 Å². The average Bonchev–Trinajstić information content (AvgIpc) is 2.44. The molecule has 9 heteroatoms. The zero-order valence-corrected chi connectivity index (χ0v) is 10.0. The molecular formula is C7H10ClN3O4S. The van der Waals surface area contributed by atoms with Gasteiger partial charge in [-0.25, -0.2) is 8.42 Å². The summed E-state index contributed by atoms with van der Waals surface area (Å²) in [5, 5.41) is 14.0. The van der Waals surface area contributed by atoms with E-state index in [1.54, 1.807) is 0 Å². The Morgan fingerprint density at radius 1 is 1.62 bits per heavy atom. The van der Waals surface area contributed by atoms with Gasteiger partial charge < -0.3 is 10.1 Å². The van der Waals surface area contributed by atoms with Crippen LogP contribution < -0.4 is 0 Å². The van der Waals surface area contributed by atoms with Gasteiger partial charge in [0.15, 0.2) is 5.02 Å². The Morgan fingerprint density at radius 2 is 2.25 bits per heavy atom. The maximum Gasteiger partial charge on any atom is 0.408 e. The highest BCUT2D eigenvalue weighted by Gasteiger charge is 2.18. The van der Waals surface area contributed by atoms with Crippen LogP contribution in [0.15, 0.2) is 6.20 Å². The molecule has 1 heterocycles. The van der Waals surface area contributed by atoms with Gasteiger partial charge in [-0.1, -0.05) is 11.6 Å². The molecule has 1 aromatic rings. The van der Waals surface area contributed by atoms with Crippen molar-refractivity contribution in [2.75, 3.05) is 12.0 Å². The van der Waals surface area contributed by atoms with Crippen molar-refractivity contribution >= 4 is 27.3 Å². The first-order valence-corrected chi connectivity index (χ1v) is 6.78. The maximum atomic E-state index is 10.8. The Bertz CT molecular complexity index is 496. The van der Waals surface area contributed by atoms with Gasteiger partial charge >= 0.3 is 5.82 Å².